The third-order valence-corrected chi connectivity index (χ3v) is 2.83. The normalized spacial score (nSPS) is 11.6. The van der Waals surface area contributed by atoms with Gasteiger partial charge in [0.2, 0.25) is 0 Å². The van der Waals surface area contributed by atoms with Crippen LogP contribution in [0.25, 0.3) is 11.3 Å². The Morgan fingerprint density at radius 1 is 1.35 bits per heavy atom. The minimum atomic E-state index is -4.67. The van der Waals surface area contributed by atoms with Crippen LogP contribution in [0, 0.1) is 0 Å². The molecule has 0 aliphatic heterocycles. The first-order valence-electron chi connectivity index (χ1n) is 5.09. The van der Waals surface area contributed by atoms with Crippen molar-refractivity contribution in [3.63, 3.8) is 0 Å². The number of alkyl halides is 3. The summed E-state index contributed by atoms with van der Waals surface area (Å²) >= 11 is 5.46. The van der Waals surface area contributed by atoms with Crippen molar-refractivity contribution < 1.29 is 28.2 Å². The molecule has 0 fully saturated rings. The summed E-state index contributed by atoms with van der Waals surface area (Å²) in [6, 6.07) is 2.87. The molecule has 1 aromatic carbocycles. The zero-order valence-corrected chi connectivity index (χ0v) is 10.2. The maximum Gasteiger partial charge on any atom is 0.417 e. The van der Waals surface area contributed by atoms with Crippen molar-refractivity contribution in [1.29, 1.82) is 0 Å². The standard InChI is InChI=1S/C11H6ClF3N2O3/c12-6-2-1-4(3-5(6)11(13,14)15)7-9(18)8(10(19)20)17-16-7/h1-3,18H,(H,16,17)(H,19,20). The molecule has 0 aliphatic carbocycles. The summed E-state index contributed by atoms with van der Waals surface area (Å²) in [5, 5.41) is 23.4. The Bertz CT molecular complexity index is 682. The van der Waals surface area contributed by atoms with Gasteiger partial charge < -0.3 is 10.2 Å². The molecule has 1 heterocycles. The molecule has 2 rings (SSSR count). The first-order chi connectivity index (χ1) is 9.21. The molecule has 0 aliphatic rings. The van der Waals surface area contributed by atoms with E-state index in [2.05, 4.69) is 5.10 Å². The second-order valence-electron chi connectivity index (χ2n) is 3.79. The lowest BCUT2D eigenvalue weighted by atomic mass is 10.1. The number of aromatic amines is 1. The summed E-state index contributed by atoms with van der Waals surface area (Å²) in [5.74, 6) is -2.22. The highest BCUT2D eigenvalue weighted by Crippen LogP contribution is 2.38. The molecule has 3 N–H and O–H groups in total. The van der Waals surface area contributed by atoms with E-state index in [1.54, 1.807) is 0 Å². The topological polar surface area (TPSA) is 86.2 Å². The van der Waals surface area contributed by atoms with Crippen molar-refractivity contribution in [3.8, 4) is 17.0 Å². The molecule has 0 amide bonds. The van der Waals surface area contributed by atoms with Crippen molar-refractivity contribution in [2.24, 2.45) is 0 Å². The molecule has 2 aromatic rings. The van der Waals surface area contributed by atoms with Crippen molar-refractivity contribution in [3.05, 3.63) is 34.5 Å². The summed E-state index contributed by atoms with van der Waals surface area (Å²) in [6.07, 6.45) is -4.67. The van der Waals surface area contributed by atoms with Crippen LogP contribution in [0.2, 0.25) is 5.02 Å². The first kappa shape index (κ1) is 14.2. The maximum absolute atomic E-state index is 12.7. The Labute approximate surface area is 114 Å². The number of nitrogens with one attached hydrogen (secondary N) is 1. The third-order valence-electron chi connectivity index (χ3n) is 2.50. The smallest absolute Gasteiger partial charge is 0.417 e. The number of carboxylic acid groups (broad SMARTS) is 1. The Hall–Kier alpha value is -2.22. The van der Waals surface area contributed by atoms with E-state index in [9.17, 15) is 23.1 Å². The van der Waals surface area contributed by atoms with Crippen molar-refractivity contribution in [2.75, 3.05) is 0 Å². The van der Waals surface area contributed by atoms with E-state index in [1.165, 1.54) is 6.07 Å². The fourth-order valence-electron chi connectivity index (χ4n) is 1.58. The van der Waals surface area contributed by atoms with Crippen LogP contribution >= 0.6 is 11.6 Å². The number of carboxylic acids is 1. The van der Waals surface area contributed by atoms with Gasteiger partial charge in [0.05, 0.1) is 10.6 Å². The highest BCUT2D eigenvalue weighted by atomic mass is 35.5. The Morgan fingerprint density at radius 2 is 2.00 bits per heavy atom. The molecular formula is C11H6ClF3N2O3. The molecule has 9 heteroatoms. The van der Waals surface area contributed by atoms with Crippen LogP contribution in [0.3, 0.4) is 0 Å². The predicted molar refractivity (Wildman–Crippen MR) is 62.7 cm³/mol. The highest BCUT2D eigenvalue weighted by Gasteiger charge is 2.34. The number of aromatic nitrogens is 2. The van der Waals surface area contributed by atoms with Gasteiger partial charge in [0, 0.05) is 5.56 Å². The second kappa shape index (κ2) is 4.71. The number of halogens is 4. The number of carbonyl (C=O) groups is 1. The number of aromatic hydroxyl groups is 1. The number of benzene rings is 1. The van der Waals surface area contributed by atoms with Gasteiger partial charge in [0.15, 0.2) is 11.4 Å². The molecule has 0 unspecified atom stereocenters. The van der Waals surface area contributed by atoms with Gasteiger partial charge in [-0.15, -0.1) is 0 Å². The van der Waals surface area contributed by atoms with Gasteiger partial charge in [0.1, 0.15) is 5.69 Å². The fraction of sp³-hybridized carbons (Fsp3) is 0.0909. The molecule has 20 heavy (non-hydrogen) atoms. The predicted octanol–water partition coefficient (Wildman–Crippen LogP) is 3.15. The van der Waals surface area contributed by atoms with Gasteiger partial charge in [-0.05, 0) is 12.1 Å². The average molecular weight is 307 g/mol. The van der Waals surface area contributed by atoms with E-state index >= 15 is 0 Å². The minimum Gasteiger partial charge on any atom is -0.504 e. The van der Waals surface area contributed by atoms with E-state index in [1.807, 2.05) is 5.10 Å². The molecule has 0 bridgehead atoms. The number of aromatic carboxylic acids is 1. The van der Waals surface area contributed by atoms with E-state index in [4.69, 9.17) is 16.7 Å². The summed E-state index contributed by atoms with van der Waals surface area (Å²) in [6.45, 7) is 0. The molecule has 106 valence electrons. The van der Waals surface area contributed by atoms with Gasteiger partial charge in [-0.2, -0.15) is 18.3 Å². The summed E-state index contributed by atoms with van der Waals surface area (Å²) < 4.78 is 38.1. The maximum atomic E-state index is 12.7. The minimum absolute atomic E-state index is 0.108. The fourth-order valence-corrected chi connectivity index (χ4v) is 1.80. The number of rotatable bonds is 2. The van der Waals surface area contributed by atoms with E-state index in [0.717, 1.165) is 6.07 Å². The summed E-state index contributed by atoms with van der Waals surface area (Å²) in [5.41, 5.74) is -2.12. The number of nitrogens with zero attached hydrogens (tertiary/aromatic N) is 1. The molecule has 0 saturated heterocycles. The number of hydrogen-bond donors (Lipinski definition) is 3. The lowest BCUT2D eigenvalue weighted by Crippen LogP contribution is -2.06. The molecule has 1 aromatic heterocycles. The van der Waals surface area contributed by atoms with Crippen LogP contribution in [0.5, 0.6) is 5.75 Å². The molecular weight excluding hydrogens is 301 g/mol. The van der Waals surface area contributed by atoms with E-state index in [0.29, 0.717) is 6.07 Å². The van der Waals surface area contributed by atoms with Gasteiger partial charge in [-0.3, -0.25) is 5.10 Å². The van der Waals surface area contributed by atoms with Crippen molar-refractivity contribution in [2.45, 2.75) is 6.18 Å². The van der Waals surface area contributed by atoms with E-state index < -0.39 is 34.2 Å². The number of hydrogen-bond acceptors (Lipinski definition) is 3. The molecule has 0 radical (unpaired) electrons. The van der Waals surface area contributed by atoms with Crippen molar-refractivity contribution >= 4 is 17.6 Å². The lowest BCUT2D eigenvalue weighted by Gasteiger charge is -2.10. The largest absolute Gasteiger partial charge is 0.504 e. The van der Waals surface area contributed by atoms with Gasteiger partial charge in [0.25, 0.3) is 0 Å². The first-order valence-corrected chi connectivity index (χ1v) is 5.47. The molecule has 0 spiro atoms. The second-order valence-corrected chi connectivity index (χ2v) is 4.20. The Kier molecular flexibility index (Phi) is 3.34. The van der Waals surface area contributed by atoms with Crippen molar-refractivity contribution in [1.82, 2.24) is 10.2 Å². The van der Waals surface area contributed by atoms with Gasteiger partial charge in [-0.25, -0.2) is 4.79 Å². The summed E-state index contributed by atoms with van der Waals surface area (Å²) in [7, 11) is 0. The molecule has 0 saturated carbocycles. The third kappa shape index (κ3) is 2.42. The lowest BCUT2D eigenvalue weighted by molar-refractivity contribution is -0.137. The van der Waals surface area contributed by atoms with Gasteiger partial charge in [-0.1, -0.05) is 17.7 Å². The monoisotopic (exact) mass is 306 g/mol. The quantitative estimate of drug-likeness (QED) is 0.795. The zero-order chi connectivity index (χ0) is 15.1. The van der Waals surface area contributed by atoms with Crippen LogP contribution < -0.4 is 0 Å². The SMILES string of the molecule is O=C(O)c1[nH]nc(-c2ccc(Cl)c(C(F)(F)F)c2)c1O. The van der Waals surface area contributed by atoms with Crippen LogP contribution in [0.4, 0.5) is 13.2 Å². The molecule has 0 atom stereocenters. The Balaban J connectivity index is 2.57. The zero-order valence-electron chi connectivity index (χ0n) is 9.49. The van der Waals surface area contributed by atoms with Gasteiger partial charge >= 0.3 is 12.1 Å². The van der Waals surface area contributed by atoms with Crippen LogP contribution in [-0.4, -0.2) is 26.4 Å². The summed E-state index contributed by atoms with van der Waals surface area (Å²) in [4.78, 5) is 10.7. The van der Waals surface area contributed by atoms with E-state index in [-0.39, 0.29) is 11.3 Å². The van der Waals surface area contributed by atoms with Crippen LogP contribution in [-0.2, 0) is 6.18 Å². The molecule has 5 nitrogen and oxygen atoms in total. The van der Waals surface area contributed by atoms with Crippen LogP contribution in [0.15, 0.2) is 18.2 Å². The average Bonchev–Trinajstić information content (AvgIpc) is 2.70. The van der Waals surface area contributed by atoms with Crippen LogP contribution in [0.1, 0.15) is 16.1 Å². The highest BCUT2D eigenvalue weighted by molar-refractivity contribution is 6.31. The number of H-pyrrole nitrogens is 1. The Morgan fingerprint density at radius 3 is 2.50 bits per heavy atom.